The molecule has 1 amide bonds. The summed E-state index contributed by atoms with van der Waals surface area (Å²) in [5, 5.41) is 0. The minimum Gasteiger partial charge on any atom is -0.381 e. The lowest BCUT2D eigenvalue weighted by Crippen LogP contribution is -2.57. The standard InChI is InChI=1S/C17H30N2O2.ClH/c1-16(18)7-3-2-6-14(16)15(20)19-10-4-8-17(12-19)9-5-11-21-13-17;/h14H,2-13,18H2,1H3;1H. The van der Waals surface area contributed by atoms with E-state index in [0.717, 1.165) is 64.8 Å². The first-order valence-electron chi connectivity index (χ1n) is 8.68. The Balaban J connectivity index is 0.00000176. The molecule has 0 aromatic rings. The molecule has 0 aromatic heterocycles. The second kappa shape index (κ2) is 7.06. The number of hydrogen-bond donors (Lipinski definition) is 1. The average Bonchev–Trinajstić information content (AvgIpc) is 2.47. The Kier molecular flexibility index (Phi) is 5.79. The average molecular weight is 331 g/mol. The van der Waals surface area contributed by atoms with E-state index in [1.165, 1.54) is 12.8 Å². The first kappa shape index (κ1) is 18.0. The third-order valence-corrected chi connectivity index (χ3v) is 5.93. The van der Waals surface area contributed by atoms with Crippen molar-refractivity contribution in [2.45, 2.75) is 63.8 Å². The van der Waals surface area contributed by atoms with E-state index in [9.17, 15) is 4.79 Å². The summed E-state index contributed by atoms with van der Waals surface area (Å²) >= 11 is 0. The van der Waals surface area contributed by atoms with Crippen molar-refractivity contribution in [1.82, 2.24) is 4.90 Å². The molecule has 0 radical (unpaired) electrons. The SMILES string of the molecule is CC1(N)CCCCC1C(=O)N1CCCC2(CCCOC2)C1.Cl. The van der Waals surface area contributed by atoms with Gasteiger partial charge in [-0.1, -0.05) is 12.8 Å². The molecule has 0 aromatic carbocycles. The van der Waals surface area contributed by atoms with Gasteiger partial charge in [-0.05, 0) is 45.4 Å². The van der Waals surface area contributed by atoms with Gasteiger partial charge in [-0.25, -0.2) is 0 Å². The van der Waals surface area contributed by atoms with Crippen molar-refractivity contribution in [3.63, 3.8) is 0 Å². The predicted octanol–water partition coefficient (Wildman–Crippen LogP) is 2.74. The number of carbonyl (C=O) groups is 1. The maximum absolute atomic E-state index is 13.0. The van der Waals surface area contributed by atoms with Crippen LogP contribution < -0.4 is 5.73 Å². The van der Waals surface area contributed by atoms with Gasteiger partial charge in [0, 0.05) is 30.7 Å². The fourth-order valence-corrected chi connectivity index (χ4v) is 4.61. The summed E-state index contributed by atoms with van der Waals surface area (Å²) in [5.74, 6) is 0.329. The quantitative estimate of drug-likeness (QED) is 0.804. The Morgan fingerprint density at radius 3 is 2.64 bits per heavy atom. The fourth-order valence-electron chi connectivity index (χ4n) is 4.61. The van der Waals surface area contributed by atoms with E-state index in [1.54, 1.807) is 0 Å². The van der Waals surface area contributed by atoms with Gasteiger partial charge in [0.05, 0.1) is 12.5 Å². The van der Waals surface area contributed by atoms with Crippen molar-refractivity contribution in [2.75, 3.05) is 26.3 Å². The van der Waals surface area contributed by atoms with Crippen molar-refractivity contribution in [1.29, 1.82) is 0 Å². The van der Waals surface area contributed by atoms with E-state index in [4.69, 9.17) is 10.5 Å². The predicted molar refractivity (Wildman–Crippen MR) is 90.1 cm³/mol. The highest BCUT2D eigenvalue weighted by molar-refractivity contribution is 5.85. The molecule has 4 nitrogen and oxygen atoms in total. The van der Waals surface area contributed by atoms with Crippen LogP contribution in [0.25, 0.3) is 0 Å². The highest BCUT2D eigenvalue weighted by Gasteiger charge is 2.44. The molecule has 22 heavy (non-hydrogen) atoms. The lowest BCUT2D eigenvalue weighted by atomic mass is 9.72. The topological polar surface area (TPSA) is 55.6 Å². The molecule has 2 aliphatic heterocycles. The van der Waals surface area contributed by atoms with E-state index in [-0.39, 0.29) is 29.3 Å². The van der Waals surface area contributed by atoms with Crippen LogP contribution in [0.5, 0.6) is 0 Å². The van der Waals surface area contributed by atoms with Gasteiger partial charge in [0.2, 0.25) is 5.91 Å². The molecule has 3 fully saturated rings. The van der Waals surface area contributed by atoms with Crippen molar-refractivity contribution in [2.24, 2.45) is 17.1 Å². The van der Waals surface area contributed by atoms with Gasteiger partial charge < -0.3 is 15.4 Å². The molecule has 3 aliphatic rings. The summed E-state index contributed by atoms with van der Waals surface area (Å²) in [6, 6.07) is 0. The van der Waals surface area contributed by atoms with Crippen molar-refractivity contribution >= 4 is 18.3 Å². The van der Waals surface area contributed by atoms with Crippen molar-refractivity contribution in [3.05, 3.63) is 0 Å². The van der Waals surface area contributed by atoms with Crippen LogP contribution in [0.2, 0.25) is 0 Å². The Morgan fingerprint density at radius 1 is 1.18 bits per heavy atom. The zero-order valence-corrected chi connectivity index (χ0v) is 14.6. The molecule has 2 heterocycles. The Hall–Kier alpha value is -0.320. The van der Waals surface area contributed by atoms with E-state index < -0.39 is 0 Å². The number of rotatable bonds is 1. The molecule has 1 saturated carbocycles. The van der Waals surface area contributed by atoms with Gasteiger partial charge in [-0.15, -0.1) is 12.4 Å². The second-order valence-corrected chi connectivity index (χ2v) is 7.82. The number of hydrogen-bond acceptors (Lipinski definition) is 3. The number of nitrogens with zero attached hydrogens (tertiary/aromatic N) is 1. The first-order valence-corrected chi connectivity index (χ1v) is 8.68. The van der Waals surface area contributed by atoms with E-state index >= 15 is 0 Å². The van der Waals surface area contributed by atoms with Gasteiger partial charge in [-0.2, -0.15) is 0 Å². The smallest absolute Gasteiger partial charge is 0.227 e. The highest BCUT2D eigenvalue weighted by Crippen LogP contribution is 2.39. The molecular formula is C17H31ClN2O2. The van der Waals surface area contributed by atoms with E-state index in [0.29, 0.717) is 5.91 Å². The van der Waals surface area contributed by atoms with Crippen LogP contribution in [0.15, 0.2) is 0 Å². The molecular weight excluding hydrogens is 300 g/mol. The lowest BCUT2D eigenvalue weighted by molar-refractivity contribution is -0.145. The van der Waals surface area contributed by atoms with Crippen LogP contribution in [0, 0.1) is 11.3 Å². The van der Waals surface area contributed by atoms with Gasteiger partial charge in [0.1, 0.15) is 0 Å². The zero-order chi connectivity index (χ0) is 14.9. The number of halogens is 1. The third-order valence-electron chi connectivity index (χ3n) is 5.93. The van der Waals surface area contributed by atoms with Crippen LogP contribution in [-0.2, 0) is 9.53 Å². The Bertz CT molecular complexity index is 389. The number of piperidine rings is 1. The summed E-state index contributed by atoms with van der Waals surface area (Å²) in [6.45, 7) is 5.59. The van der Waals surface area contributed by atoms with Gasteiger partial charge in [-0.3, -0.25) is 4.79 Å². The number of amides is 1. The normalized spacial score (nSPS) is 39.4. The van der Waals surface area contributed by atoms with Crippen molar-refractivity contribution in [3.8, 4) is 0 Å². The van der Waals surface area contributed by atoms with Crippen LogP contribution in [0.4, 0.5) is 0 Å². The zero-order valence-electron chi connectivity index (χ0n) is 13.8. The van der Waals surface area contributed by atoms with Crippen LogP contribution in [-0.4, -0.2) is 42.6 Å². The second-order valence-electron chi connectivity index (χ2n) is 7.82. The summed E-state index contributed by atoms with van der Waals surface area (Å²) < 4.78 is 5.71. The maximum Gasteiger partial charge on any atom is 0.227 e. The number of carbonyl (C=O) groups excluding carboxylic acids is 1. The monoisotopic (exact) mass is 330 g/mol. The maximum atomic E-state index is 13.0. The number of nitrogens with two attached hydrogens (primary N) is 1. The third kappa shape index (κ3) is 3.60. The molecule has 3 atom stereocenters. The summed E-state index contributed by atoms with van der Waals surface area (Å²) in [6.07, 6.45) is 8.92. The molecule has 128 valence electrons. The lowest BCUT2D eigenvalue weighted by Gasteiger charge is -2.47. The minimum atomic E-state index is -0.316. The molecule has 1 aliphatic carbocycles. The van der Waals surface area contributed by atoms with E-state index in [2.05, 4.69) is 11.8 Å². The van der Waals surface area contributed by atoms with Crippen LogP contribution in [0.3, 0.4) is 0 Å². The number of likely N-dealkylation sites (tertiary alicyclic amines) is 1. The molecule has 1 spiro atoms. The number of ether oxygens (including phenoxy) is 1. The molecule has 5 heteroatoms. The van der Waals surface area contributed by atoms with Crippen molar-refractivity contribution < 1.29 is 9.53 Å². The van der Waals surface area contributed by atoms with Gasteiger partial charge >= 0.3 is 0 Å². The van der Waals surface area contributed by atoms with Crippen LogP contribution >= 0.6 is 12.4 Å². The molecule has 2 N–H and O–H groups in total. The fraction of sp³-hybridized carbons (Fsp3) is 0.941. The van der Waals surface area contributed by atoms with Gasteiger partial charge in [0.15, 0.2) is 0 Å². The van der Waals surface area contributed by atoms with Crippen LogP contribution in [0.1, 0.15) is 58.3 Å². The van der Waals surface area contributed by atoms with Gasteiger partial charge in [0.25, 0.3) is 0 Å². The minimum absolute atomic E-state index is 0. The van der Waals surface area contributed by atoms with E-state index in [1.807, 2.05) is 0 Å². The Labute approximate surface area is 140 Å². The molecule has 3 unspecified atom stereocenters. The summed E-state index contributed by atoms with van der Waals surface area (Å²) in [4.78, 5) is 15.1. The first-order chi connectivity index (χ1) is 10.0. The Morgan fingerprint density at radius 2 is 1.95 bits per heavy atom. The molecule has 3 rings (SSSR count). The molecule has 2 saturated heterocycles. The summed E-state index contributed by atoms with van der Waals surface area (Å²) in [7, 11) is 0. The molecule has 0 bridgehead atoms. The largest absolute Gasteiger partial charge is 0.381 e. The highest BCUT2D eigenvalue weighted by atomic mass is 35.5. The summed E-state index contributed by atoms with van der Waals surface area (Å²) in [5.41, 5.74) is 6.34.